The van der Waals surface area contributed by atoms with Crippen molar-refractivity contribution >= 4 is 15.9 Å². The molecule has 0 aliphatic carbocycles. The quantitative estimate of drug-likeness (QED) is 0.716. The first-order valence-corrected chi connectivity index (χ1v) is 7.45. The fourth-order valence-corrected chi connectivity index (χ4v) is 3.31. The highest BCUT2D eigenvalue weighted by atomic mass is 32.2. The van der Waals surface area contributed by atoms with E-state index in [4.69, 9.17) is 0 Å². The molecule has 1 amide bonds. The third kappa shape index (κ3) is 2.63. The zero-order valence-electron chi connectivity index (χ0n) is 11.0. The van der Waals surface area contributed by atoms with E-state index in [1.54, 1.807) is 0 Å². The molecule has 1 aliphatic rings. The third-order valence-corrected chi connectivity index (χ3v) is 5.41. The van der Waals surface area contributed by atoms with Gasteiger partial charge in [0, 0.05) is 12.6 Å². The lowest BCUT2D eigenvalue weighted by atomic mass is 10.2. The van der Waals surface area contributed by atoms with Crippen molar-refractivity contribution in [2.24, 2.45) is 0 Å². The van der Waals surface area contributed by atoms with Gasteiger partial charge in [-0.15, -0.1) is 0 Å². The molecule has 0 atom stereocenters. The van der Waals surface area contributed by atoms with Crippen molar-refractivity contribution < 1.29 is 13.2 Å². The molecule has 0 aromatic heterocycles. The van der Waals surface area contributed by atoms with Crippen LogP contribution in [0.5, 0.6) is 0 Å². The molecule has 5 nitrogen and oxygen atoms in total. The molecule has 0 radical (unpaired) electrons. The number of amides is 1. The number of hydrogen-bond donors (Lipinski definition) is 1. The summed E-state index contributed by atoms with van der Waals surface area (Å²) in [5.74, 6) is -0.283. The second-order valence-electron chi connectivity index (χ2n) is 5.21. The molecule has 0 aromatic carbocycles. The van der Waals surface area contributed by atoms with Gasteiger partial charge in [-0.05, 0) is 33.2 Å². The van der Waals surface area contributed by atoms with E-state index in [-0.39, 0.29) is 5.91 Å². The van der Waals surface area contributed by atoms with E-state index in [0.717, 1.165) is 17.3 Å². The Labute approximate surface area is 104 Å². The van der Waals surface area contributed by atoms with Crippen LogP contribution in [0.1, 0.15) is 40.5 Å². The lowest BCUT2D eigenvalue weighted by Gasteiger charge is -2.43. The van der Waals surface area contributed by atoms with Gasteiger partial charge in [0.1, 0.15) is 0 Å². The van der Waals surface area contributed by atoms with Gasteiger partial charge in [0.2, 0.25) is 0 Å². The van der Waals surface area contributed by atoms with Gasteiger partial charge >= 0.3 is 0 Å². The second-order valence-corrected chi connectivity index (χ2v) is 7.62. The molecule has 100 valence electrons. The standard InChI is InChI=1S/C11H22N2O3S/c1-9(2)12-7-5-6-8-13-10(14)11(3,4)17(13,15)16/h9,12H,5-8H2,1-4H3. The van der Waals surface area contributed by atoms with Crippen molar-refractivity contribution in [2.75, 3.05) is 13.1 Å². The summed E-state index contributed by atoms with van der Waals surface area (Å²) >= 11 is 0. The molecule has 1 aliphatic heterocycles. The van der Waals surface area contributed by atoms with E-state index in [2.05, 4.69) is 19.2 Å². The normalized spacial score (nSPS) is 21.7. The lowest BCUT2D eigenvalue weighted by molar-refractivity contribution is -0.132. The minimum atomic E-state index is -3.39. The minimum Gasteiger partial charge on any atom is -0.315 e. The maximum absolute atomic E-state index is 11.7. The van der Waals surface area contributed by atoms with Gasteiger partial charge in [-0.1, -0.05) is 13.8 Å². The Morgan fingerprint density at radius 3 is 2.35 bits per heavy atom. The predicted molar refractivity (Wildman–Crippen MR) is 67.1 cm³/mol. The van der Waals surface area contributed by atoms with Gasteiger partial charge < -0.3 is 5.32 Å². The molecule has 1 saturated heterocycles. The van der Waals surface area contributed by atoms with Gasteiger partial charge in [0.05, 0.1) is 0 Å². The Morgan fingerprint density at radius 1 is 1.29 bits per heavy atom. The zero-order chi connectivity index (χ0) is 13.3. The van der Waals surface area contributed by atoms with Gasteiger partial charge in [0.15, 0.2) is 4.75 Å². The summed E-state index contributed by atoms with van der Waals surface area (Å²) in [5, 5.41) is 3.25. The van der Waals surface area contributed by atoms with Crippen LogP contribution in [0.3, 0.4) is 0 Å². The molecular weight excluding hydrogens is 240 g/mol. The number of carbonyl (C=O) groups excluding carboxylic acids is 1. The van der Waals surface area contributed by atoms with Crippen molar-refractivity contribution in [3.05, 3.63) is 0 Å². The van der Waals surface area contributed by atoms with Crippen molar-refractivity contribution in [2.45, 2.75) is 51.3 Å². The molecule has 6 heteroatoms. The molecule has 0 unspecified atom stereocenters. The second kappa shape index (κ2) is 4.94. The van der Waals surface area contributed by atoms with Crippen LogP contribution in [0.2, 0.25) is 0 Å². The maximum atomic E-state index is 11.7. The summed E-state index contributed by atoms with van der Waals surface area (Å²) in [6.07, 6.45) is 1.58. The van der Waals surface area contributed by atoms with Crippen molar-refractivity contribution in [3.8, 4) is 0 Å². The van der Waals surface area contributed by atoms with Gasteiger partial charge in [-0.3, -0.25) is 4.79 Å². The van der Waals surface area contributed by atoms with Crippen molar-refractivity contribution in [3.63, 3.8) is 0 Å². The molecule has 1 heterocycles. The Kier molecular flexibility index (Phi) is 4.19. The Morgan fingerprint density at radius 2 is 1.88 bits per heavy atom. The number of unbranched alkanes of at least 4 members (excludes halogenated alkanes) is 1. The number of sulfonamides is 1. The molecule has 17 heavy (non-hydrogen) atoms. The van der Waals surface area contributed by atoms with Crippen LogP contribution in [0.4, 0.5) is 0 Å². The molecule has 1 rings (SSSR count). The first-order valence-electron chi connectivity index (χ1n) is 6.01. The topological polar surface area (TPSA) is 66.5 Å². The van der Waals surface area contributed by atoms with E-state index in [9.17, 15) is 13.2 Å². The Balaban J connectivity index is 2.33. The monoisotopic (exact) mass is 262 g/mol. The number of nitrogens with zero attached hydrogens (tertiary/aromatic N) is 1. The predicted octanol–water partition coefficient (Wildman–Crippen LogP) is 0.715. The number of hydrogen-bond acceptors (Lipinski definition) is 4. The maximum Gasteiger partial charge on any atom is 0.258 e. The average Bonchev–Trinajstić information content (AvgIpc) is 2.21. The van der Waals surface area contributed by atoms with Gasteiger partial charge in [-0.25, -0.2) is 12.7 Å². The summed E-state index contributed by atoms with van der Waals surface area (Å²) in [4.78, 5) is 11.6. The lowest BCUT2D eigenvalue weighted by Crippen LogP contribution is -2.67. The third-order valence-electron chi connectivity index (χ3n) is 3.02. The summed E-state index contributed by atoms with van der Waals surface area (Å²) in [5.41, 5.74) is 0. The van der Waals surface area contributed by atoms with Crippen LogP contribution < -0.4 is 5.32 Å². The highest BCUT2D eigenvalue weighted by Crippen LogP contribution is 2.34. The fraction of sp³-hybridized carbons (Fsp3) is 0.909. The molecular formula is C11H22N2O3S. The summed E-state index contributed by atoms with van der Waals surface area (Å²) in [7, 11) is -3.39. The largest absolute Gasteiger partial charge is 0.315 e. The zero-order valence-corrected chi connectivity index (χ0v) is 11.8. The fourth-order valence-electron chi connectivity index (χ4n) is 1.75. The molecule has 0 saturated carbocycles. The van der Waals surface area contributed by atoms with E-state index >= 15 is 0 Å². The first kappa shape index (κ1) is 14.4. The van der Waals surface area contributed by atoms with E-state index < -0.39 is 14.8 Å². The minimum absolute atomic E-state index is 0.283. The van der Waals surface area contributed by atoms with Gasteiger partial charge in [-0.2, -0.15) is 0 Å². The Bertz CT molecular complexity index is 388. The van der Waals surface area contributed by atoms with Crippen LogP contribution in [0.15, 0.2) is 0 Å². The van der Waals surface area contributed by atoms with Gasteiger partial charge in [0.25, 0.3) is 15.9 Å². The van der Waals surface area contributed by atoms with Crippen molar-refractivity contribution in [1.29, 1.82) is 0 Å². The number of rotatable bonds is 6. The average molecular weight is 262 g/mol. The first-order chi connectivity index (χ1) is 7.71. The molecule has 0 spiro atoms. The highest BCUT2D eigenvalue weighted by Gasteiger charge is 2.59. The molecule has 1 fully saturated rings. The van der Waals surface area contributed by atoms with Crippen LogP contribution >= 0.6 is 0 Å². The smallest absolute Gasteiger partial charge is 0.258 e. The van der Waals surface area contributed by atoms with Crippen molar-refractivity contribution in [1.82, 2.24) is 9.62 Å². The molecule has 1 N–H and O–H groups in total. The summed E-state index contributed by atoms with van der Waals surface area (Å²) in [6, 6.07) is 0.434. The SMILES string of the molecule is CC(C)NCCCCN1C(=O)C(C)(C)S1(=O)=O. The summed E-state index contributed by atoms with van der Waals surface area (Å²) < 4.78 is 23.3. The molecule has 0 bridgehead atoms. The number of nitrogens with one attached hydrogen (secondary N) is 1. The van der Waals surface area contributed by atoms with Crippen LogP contribution in [-0.2, 0) is 14.8 Å². The van der Waals surface area contributed by atoms with Crippen LogP contribution in [0, 0.1) is 0 Å². The van der Waals surface area contributed by atoms with Crippen LogP contribution in [-0.4, -0.2) is 42.5 Å². The summed E-state index contributed by atoms with van der Waals surface area (Å²) in [6.45, 7) is 8.20. The van der Waals surface area contributed by atoms with E-state index in [0.29, 0.717) is 19.0 Å². The van der Waals surface area contributed by atoms with Crippen LogP contribution in [0.25, 0.3) is 0 Å². The van der Waals surface area contributed by atoms with E-state index in [1.165, 1.54) is 13.8 Å². The highest BCUT2D eigenvalue weighted by molar-refractivity contribution is 7.94. The van der Waals surface area contributed by atoms with E-state index in [1.807, 2.05) is 0 Å². The Hall–Kier alpha value is -0.620. The molecule has 0 aromatic rings. The number of carbonyl (C=O) groups is 1.